The summed E-state index contributed by atoms with van der Waals surface area (Å²) in [5.74, 6) is 1.02. The number of ether oxygens (including phenoxy) is 2. The van der Waals surface area contributed by atoms with Crippen LogP contribution in [-0.2, 0) is 4.74 Å². The number of benzene rings is 2. The Labute approximate surface area is 166 Å². The minimum absolute atomic E-state index is 0.00751. The summed E-state index contributed by atoms with van der Waals surface area (Å²) in [6.45, 7) is 10.1. The van der Waals surface area contributed by atoms with Crippen LogP contribution in [-0.4, -0.2) is 25.6 Å². The van der Waals surface area contributed by atoms with Gasteiger partial charge in [0.2, 0.25) is 0 Å². The number of methoxy groups -OCH3 is 1. The van der Waals surface area contributed by atoms with Gasteiger partial charge in [-0.1, -0.05) is 38.1 Å². The Morgan fingerprint density at radius 3 is 2.32 bits per heavy atom. The van der Waals surface area contributed by atoms with Crippen molar-refractivity contribution in [1.29, 1.82) is 0 Å². The summed E-state index contributed by atoms with van der Waals surface area (Å²) in [7, 11) is 1.32. The number of ketones is 1. The zero-order valence-electron chi connectivity index (χ0n) is 17.3. The Hall–Kier alpha value is -2.82. The lowest BCUT2D eigenvalue weighted by atomic mass is 9.85. The van der Waals surface area contributed by atoms with Crippen LogP contribution < -0.4 is 10.1 Å². The highest BCUT2D eigenvalue weighted by Crippen LogP contribution is 2.47. The van der Waals surface area contributed by atoms with Gasteiger partial charge in [-0.15, -0.1) is 0 Å². The monoisotopic (exact) mass is 381 g/mol. The van der Waals surface area contributed by atoms with Crippen molar-refractivity contribution in [3.8, 4) is 5.75 Å². The van der Waals surface area contributed by atoms with Crippen LogP contribution in [0.25, 0.3) is 0 Å². The predicted molar refractivity (Wildman–Crippen MR) is 110 cm³/mol. The molecule has 1 amide bonds. The number of hydrogen-bond acceptors (Lipinski definition) is 4. The van der Waals surface area contributed by atoms with Gasteiger partial charge in [0.1, 0.15) is 5.75 Å². The van der Waals surface area contributed by atoms with E-state index in [1.165, 1.54) is 19.6 Å². The van der Waals surface area contributed by atoms with Crippen LogP contribution in [0.3, 0.4) is 0 Å². The Bertz CT molecular complexity index is 929. The average Bonchev–Trinajstić information content (AvgIpc) is 3.09. The molecule has 0 unspecified atom stereocenters. The zero-order valence-corrected chi connectivity index (χ0v) is 17.3. The molecule has 0 bridgehead atoms. The van der Waals surface area contributed by atoms with Crippen LogP contribution in [0.1, 0.15) is 70.8 Å². The molecule has 0 fully saturated rings. The van der Waals surface area contributed by atoms with Gasteiger partial charge in [-0.2, -0.15) is 0 Å². The molecule has 3 rings (SSSR count). The lowest BCUT2D eigenvalue weighted by Crippen LogP contribution is -2.16. The molecule has 5 heteroatoms. The summed E-state index contributed by atoms with van der Waals surface area (Å²) < 4.78 is 10.8. The van der Waals surface area contributed by atoms with Gasteiger partial charge in [-0.3, -0.25) is 10.1 Å². The van der Waals surface area contributed by atoms with E-state index in [1.807, 2.05) is 13.8 Å². The summed E-state index contributed by atoms with van der Waals surface area (Å²) in [6.07, 6.45) is -0.558. The molecule has 1 atom stereocenters. The Morgan fingerprint density at radius 2 is 1.79 bits per heavy atom. The molecule has 0 radical (unpaired) electrons. The first-order valence-corrected chi connectivity index (χ1v) is 9.51. The third-order valence-corrected chi connectivity index (χ3v) is 5.51. The highest BCUT2D eigenvalue weighted by molar-refractivity contribution is 6.02. The summed E-state index contributed by atoms with van der Waals surface area (Å²) in [5.41, 5.74) is 6.11. The average molecular weight is 381 g/mol. The van der Waals surface area contributed by atoms with E-state index in [0.29, 0.717) is 35.1 Å². The Kier molecular flexibility index (Phi) is 5.45. The van der Waals surface area contributed by atoms with Crippen LogP contribution >= 0.6 is 0 Å². The molecule has 0 saturated heterocycles. The van der Waals surface area contributed by atoms with E-state index in [1.54, 1.807) is 0 Å². The first kappa shape index (κ1) is 19.9. The first-order valence-electron chi connectivity index (χ1n) is 9.51. The molecule has 1 N–H and O–H groups in total. The van der Waals surface area contributed by atoms with Crippen molar-refractivity contribution in [3.63, 3.8) is 0 Å². The number of carbonyl (C=O) groups is 2. The lowest BCUT2D eigenvalue weighted by Gasteiger charge is -2.20. The van der Waals surface area contributed by atoms with Crippen molar-refractivity contribution in [2.75, 3.05) is 19.0 Å². The minimum atomic E-state index is -0.558. The van der Waals surface area contributed by atoms with Crippen molar-refractivity contribution in [2.45, 2.75) is 46.5 Å². The fraction of sp³-hybridized carbons (Fsp3) is 0.391. The van der Waals surface area contributed by atoms with Crippen molar-refractivity contribution >= 4 is 17.6 Å². The minimum Gasteiger partial charge on any atom is -0.491 e. The molecule has 148 valence electrons. The Balaban J connectivity index is 2.16. The normalized spacial score (nSPS) is 15.2. The van der Waals surface area contributed by atoms with Gasteiger partial charge >= 0.3 is 6.09 Å². The van der Waals surface area contributed by atoms with Crippen LogP contribution in [0, 0.1) is 13.8 Å². The number of nitrogens with one attached hydrogen (secondary N) is 1. The molecular formula is C23H27NO4. The molecule has 2 aromatic carbocycles. The highest BCUT2D eigenvalue weighted by atomic mass is 16.5. The number of amides is 1. The zero-order chi connectivity index (χ0) is 20.6. The number of carbonyl (C=O) groups excluding carboxylic acids is 2. The summed E-state index contributed by atoms with van der Waals surface area (Å²) in [4.78, 5) is 24.3. The van der Waals surface area contributed by atoms with Gasteiger partial charge in [0, 0.05) is 11.5 Å². The van der Waals surface area contributed by atoms with E-state index in [-0.39, 0.29) is 11.7 Å². The van der Waals surface area contributed by atoms with Crippen molar-refractivity contribution in [2.24, 2.45) is 0 Å². The third-order valence-electron chi connectivity index (χ3n) is 5.51. The quantitative estimate of drug-likeness (QED) is 0.727. The summed E-state index contributed by atoms with van der Waals surface area (Å²) >= 11 is 0. The molecule has 0 saturated carbocycles. The van der Waals surface area contributed by atoms with Crippen LogP contribution in [0.4, 0.5) is 10.5 Å². The van der Waals surface area contributed by atoms with E-state index >= 15 is 0 Å². The Morgan fingerprint density at radius 1 is 1.14 bits per heavy atom. The fourth-order valence-electron chi connectivity index (χ4n) is 3.98. The van der Waals surface area contributed by atoms with Gasteiger partial charge < -0.3 is 9.47 Å². The predicted octanol–water partition coefficient (Wildman–Crippen LogP) is 5.33. The number of Topliss-reactive ketones (excluding diaryl/α,β-unsaturated/α-hetero) is 1. The smallest absolute Gasteiger partial charge is 0.411 e. The topological polar surface area (TPSA) is 64.6 Å². The van der Waals surface area contributed by atoms with Crippen LogP contribution in [0.2, 0.25) is 0 Å². The fourth-order valence-corrected chi connectivity index (χ4v) is 3.98. The summed E-state index contributed by atoms with van der Waals surface area (Å²) in [5, 5.41) is 2.78. The van der Waals surface area contributed by atoms with E-state index < -0.39 is 6.09 Å². The van der Waals surface area contributed by atoms with E-state index in [4.69, 9.17) is 9.47 Å². The van der Waals surface area contributed by atoms with Crippen molar-refractivity contribution in [1.82, 2.24) is 0 Å². The number of fused-ring (bicyclic) bond motifs is 1. The maximum Gasteiger partial charge on any atom is 0.411 e. The van der Waals surface area contributed by atoms with Gasteiger partial charge in [0.05, 0.1) is 25.0 Å². The van der Waals surface area contributed by atoms with E-state index in [9.17, 15) is 9.59 Å². The molecule has 0 aliphatic carbocycles. The maximum absolute atomic E-state index is 12.4. The standard InChI is InChI=1S/C23H27NO4/c1-12(2)16-7-9-17(10-8-16)18-11-28-22-19(15(5)25)13(3)21(14(4)20(18)22)24-23(26)27-6/h7-10,12,18H,11H2,1-6H3,(H,24,26)/t18-/m0/s1. The van der Waals surface area contributed by atoms with Crippen molar-refractivity contribution in [3.05, 3.63) is 57.6 Å². The second-order valence-electron chi connectivity index (χ2n) is 7.60. The second-order valence-corrected chi connectivity index (χ2v) is 7.60. The number of rotatable bonds is 4. The molecule has 1 aliphatic rings. The highest BCUT2D eigenvalue weighted by Gasteiger charge is 2.34. The molecule has 1 aliphatic heterocycles. The van der Waals surface area contributed by atoms with E-state index in [0.717, 1.165) is 16.7 Å². The molecule has 1 heterocycles. The molecule has 2 aromatic rings. The van der Waals surface area contributed by atoms with Gasteiger partial charge in [-0.05, 0) is 48.9 Å². The third kappa shape index (κ3) is 3.37. The van der Waals surface area contributed by atoms with Crippen LogP contribution in [0.5, 0.6) is 5.75 Å². The first-order chi connectivity index (χ1) is 13.3. The van der Waals surface area contributed by atoms with Gasteiger partial charge in [-0.25, -0.2) is 4.79 Å². The lowest BCUT2D eigenvalue weighted by molar-refractivity contribution is 0.101. The molecule has 0 spiro atoms. The van der Waals surface area contributed by atoms with Gasteiger partial charge in [0.25, 0.3) is 0 Å². The molecule has 5 nitrogen and oxygen atoms in total. The molecular weight excluding hydrogens is 354 g/mol. The van der Waals surface area contributed by atoms with E-state index in [2.05, 4.69) is 43.4 Å². The number of anilines is 1. The van der Waals surface area contributed by atoms with Crippen molar-refractivity contribution < 1.29 is 19.1 Å². The molecule has 0 aromatic heterocycles. The summed E-state index contributed by atoms with van der Waals surface area (Å²) in [6, 6.07) is 8.53. The number of hydrogen-bond donors (Lipinski definition) is 1. The SMILES string of the molecule is COC(=O)Nc1c(C)c(C(C)=O)c2c(c1C)[C@H](c1ccc(C(C)C)cc1)CO2. The molecule has 28 heavy (non-hydrogen) atoms. The second kappa shape index (κ2) is 7.66. The van der Waals surface area contributed by atoms with Crippen LogP contribution in [0.15, 0.2) is 24.3 Å². The maximum atomic E-state index is 12.4. The largest absolute Gasteiger partial charge is 0.491 e. The van der Waals surface area contributed by atoms with Gasteiger partial charge in [0.15, 0.2) is 5.78 Å².